The van der Waals surface area contributed by atoms with Crippen molar-refractivity contribution in [3.05, 3.63) is 64.7 Å². The molecule has 5 nitrogen and oxygen atoms in total. The molecule has 0 aromatic heterocycles. The molecule has 1 heterocycles. The van der Waals surface area contributed by atoms with Crippen LogP contribution in [-0.2, 0) is 28.9 Å². The van der Waals surface area contributed by atoms with Crippen LogP contribution in [0.25, 0.3) is 0 Å². The highest BCUT2D eigenvalue weighted by atomic mass is 16.5. The Kier molecular flexibility index (Phi) is 6.26. The third-order valence-electron chi connectivity index (χ3n) is 5.35. The first-order valence-corrected chi connectivity index (χ1v) is 10.1. The minimum Gasteiger partial charge on any atom is -0.487 e. The Morgan fingerprint density at radius 2 is 1.83 bits per heavy atom. The number of ether oxygens (including phenoxy) is 1. The van der Waals surface area contributed by atoms with Gasteiger partial charge in [-0.05, 0) is 47.6 Å². The summed E-state index contributed by atoms with van der Waals surface area (Å²) in [6, 6.07) is 14.8. The molecule has 29 heavy (non-hydrogen) atoms. The van der Waals surface area contributed by atoms with Crippen molar-refractivity contribution in [3.63, 3.8) is 0 Å². The van der Waals surface area contributed by atoms with Crippen LogP contribution >= 0.6 is 0 Å². The Hall–Kier alpha value is -2.82. The van der Waals surface area contributed by atoms with Crippen molar-refractivity contribution < 1.29 is 19.4 Å². The summed E-state index contributed by atoms with van der Waals surface area (Å²) in [4.78, 5) is 22.2. The topological polar surface area (TPSA) is 75.6 Å². The summed E-state index contributed by atoms with van der Waals surface area (Å²) >= 11 is 0. The Bertz CT molecular complexity index is 888. The van der Waals surface area contributed by atoms with Gasteiger partial charge in [0, 0.05) is 19.3 Å². The van der Waals surface area contributed by atoms with Gasteiger partial charge in [0.15, 0.2) is 0 Å². The Morgan fingerprint density at radius 3 is 2.48 bits per heavy atom. The average molecular weight is 395 g/mol. The van der Waals surface area contributed by atoms with Crippen LogP contribution in [0.15, 0.2) is 42.5 Å². The monoisotopic (exact) mass is 395 g/mol. The predicted octanol–water partition coefficient (Wildman–Crippen LogP) is 3.88. The Morgan fingerprint density at radius 1 is 1.14 bits per heavy atom. The van der Waals surface area contributed by atoms with Crippen molar-refractivity contribution in [2.75, 3.05) is 6.54 Å². The van der Waals surface area contributed by atoms with Crippen LogP contribution in [0, 0.1) is 0 Å². The molecule has 0 radical (unpaired) electrons. The number of hydrogen-bond donors (Lipinski definition) is 2. The Balaban J connectivity index is 1.59. The minimum absolute atomic E-state index is 0.251. The van der Waals surface area contributed by atoms with Crippen molar-refractivity contribution in [1.82, 2.24) is 5.32 Å². The lowest BCUT2D eigenvalue weighted by atomic mass is 9.90. The van der Waals surface area contributed by atoms with Gasteiger partial charge in [0.2, 0.25) is 5.91 Å². The van der Waals surface area contributed by atoms with E-state index < -0.39 is 5.97 Å². The number of carboxylic acids is 1. The van der Waals surface area contributed by atoms with E-state index in [4.69, 9.17) is 9.84 Å². The zero-order chi connectivity index (χ0) is 21.0. The van der Waals surface area contributed by atoms with Crippen molar-refractivity contribution in [1.29, 1.82) is 0 Å². The summed E-state index contributed by atoms with van der Waals surface area (Å²) < 4.78 is 6.28. The number of amides is 1. The minimum atomic E-state index is -1.04. The summed E-state index contributed by atoms with van der Waals surface area (Å²) in [5.74, 6) is 0.145. The molecule has 0 spiro atoms. The molecular formula is C24H29NO4. The zero-order valence-corrected chi connectivity index (χ0v) is 17.3. The van der Waals surface area contributed by atoms with E-state index in [1.54, 1.807) is 0 Å². The fourth-order valence-corrected chi connectivity index (χ4v) is 3.80. The van der Waals surface area contributed by atoms with Crippen LogP contribution in [0.1, 0.15) is 55.4 Å². The van der Waals surface area contributed by atoms with Crippen LogP contribution < -0.4 is 10.1 Å². The van der Waals surface area contributed by atoms with Crippen molar-refractivity contribution in [2.24, 2.45) is 0 Å². The normalized spacial score (nSPS) is 17.7. The second-order valence-electron chi connectivity index (χ2n) is 8.41. The maximum Gasteiger partial charge on any atom is 0.322 e. The molecule has 1 atom stereocenters. The van der Waals surface area contributed by atoms with Gasteiger partial charge in [0.25, 0.3) is 0 Å². The molecule has 1 amide bonds. The van der Waals surface area contributed by atoms with Gasteiger partial charge in [-0.25, -0.2) is 0 Å². The summed E-state index contributed by atoms with van der Waals surface area (Å²) in [5, 5.41) is 11.0. The molecule has 2 aromatic carbocycles. The standard InChI is InChI=1S/C24H29NO4/c1-16(2)19-8-4-18(5-9-19)13-24(3)14-20-12-17(6-10-21(20)29-24)7-11-22(26)25-15-23(27)28/h4-6,8-10,12,16H,7,11,13-15H2,1-3H3,(H,25,26)(H,27,28)/t24-/m0/s1. The molecule has 5 heteroatoms. The number of fused-ring (bicyclic) bond motifs is 1. The zero-order valence-electron chi connectivity index (χ0n) is 17.3. The van der Waals surface area contributed by atoms with E-state index in [9.17, 15) is 9.59 Å². The molecule has 1 aliphatic heterocycles. The van der Waals surface area contributed by atoms with Gasteiger partial charge in [-0.1, -0.05) is 50.2 Å². The van der Waals surface area contributed by atoms with Crippen molar-refractivity contribution in [3.8, 4) is 5.75 Å². The fraction of sp³-hybridized carbons (Fsp3) is 0.417. The number of rotatable bonds is 8. The highest BCUT2D eigenvalue weighted by Gasteiger charge is 2.35. The first-order chi connectivity index (χ1) is 13.7. The molecule has 0 fully saturated rings. The lowest BCUT2D eigenvalue weighted by Gasteiger charge is -2.24. The van der Waals surface area contributed by atoms with Crippen molar-refractivity contribution >= 4 is 11.9 Å². The molecule has 0 saturated carbocycles. The van der Waals surface area contributed by atoms with Gasteiger partial charge in [0.05, 0.1) is 0 Å². The maximum atomic E-state index is 11.7. The van der Waals surface area contributed by atoms with Gasteiger partial charge in [-0.15, -0.1) is 0 Å². The summed E-state index contributed by atoms with van der Waals surface area (Å²) in [6.07, 6.45) is 2.51. The number of hydrogen-bond acceptors (Lipinski definition) is 3. The van der Waals surface area contributed by atoms with Crippen LogP contribution in [0.4, 0.5) is 0 Å². The molecule has 2 aromatic rings. The van der Waals surface area contributed by atoms with E-state index >= 15 is 0 Å². The SMILES string of the molecule is CC(C)c1ccc(C[C@@]2(C)Cc3cc(CCC(=O)NCC(=O)O)ccc3O2)cc1. The van der Waals surface area contributed by atoms with E-state index in [-0.39, 0.29) is 24.5 Å². The van der Waals surface area contributed by atoms with Gasteiger partial charge in [0.1, 0.15) is 17.9 Å². The second kappa shape index (κ2) is 8.68. The fourth-order valence-electron chi connectivity index (χ4n) is 3.80. The summed E-state index contributed by atoms with van der Waals surface area (Å²) in [5.41, 5.74) is 4.55. The van der Waals surface area contributed by atoms with E-state index in [0.717, 1.165) is 29.7 Å². The van der Waals surface area contributed by atoms with Crippen LogP contribution in [0.5, 0.6) is 5.75 Å². The smallest absolute Gasteiger partial charge is 0.322 e. The number of carbonyl (C=O) groups excluding carboxylic acids is 1. The van der Waals surface area contributed by atoms with Crippen LogP contribution in [-0.4, -0.2) is 29.1 Å². The third kappa shape index (κ3) is 5.59. The lowest BCUT2D eigenvalue weighted by Crippen LogP contribution is -2.32. The van der Waals surface area contributed by atoms with E-state index in [1.807, 2.05) is 12.1 Å². The largest absolute Gasteiger partial charge is 0.487 e. The molecule has 3 rings (SSSR count). The van der Waals surface area contributed by atoms with Gasteiger partial charge < -0.3 is 15.2 Å². The highest BCUT2D eigenvalue weighted by molar-refractivity contribution is 5.81. The molecule has 0 unspecified atom stereocenters. The van der Waals surface area contributed by atoms with E-state index in [2.05, 4.69) is 56.4 Å². The maximum absolute atomic E-state index is 11.7. The number of aliphatic carboxylic acids is 1. The third-order valence-corrected chi connectivity index (χ3v) is 5.35. The molecular weight excluding hydrogens is 366 g/mol. The molecule has 154 valence electrons. The number of carbonyl (C=O) groups is 2. The predicted molar refractivity (Wildman–Crippen MR) is 112 cm³/mol. The average Bonchev–Trinajstić information content (AvgIpc) is 2.99. The van der Waals surface area contributed by atoms with Gasteiger partial charge in [-0.2, -0.15) is 0 Å². The number of nitrogens with one attached hydrogen (secondary N) is 1. The van der Waals surface area contributed by atoms with Crippen molar-refractivity contribution in [2.45, 2.75) is 58.0 Å². The second-order valence-corrected chi connectivity index (χ2v) is 8.41. The lowest BCUT2D eigenvalue weighted by molar-refractivity contribution is -0.137. The van der Waals surface area contributed by atoms with E-state index in [0.29, 0.717) is 12.3 Å². The van der Waals surface area contributed by atoms with E-state index in [1.165, 1.54) is 11.1 Å². The van der Waals surface area contributed by atoms with Gasteiger partial charge >= 0.3 is 5.97 Å². The molecule has 2 N–H and O–H groups in total. The quantitative estimate of drug-likeness (QED) is 0.711. The highest BCUT2D eigenvalue weighted by Crippen LogP contribution is 2.37. The molecule has 0 saturated heterocycles. The molecule has 1 aliphatic rings. The first-order valence-electron chi connectivity index (χ1n) is 10.1. The number of carboxylic acid groups (broad SMARTS) is 1. The molecule has 0 aliphatic carbocycles. The van der Waals surface area contributed by atoms with Gasteiger partial charge in [-0.3, -0.25) is 9.59 Å². The Labute approximate surface area is 172 Å². The summed E-state index contributed by atoms with van der Waals surface area (Å²) in [7, 11) is 0. The van der Waals surface area contributed by atoms with Crippen LogP contribution in [0.2, 0.25) is 0 Å². The molecule has 0 bridgehead atoms. The van der Waals surface area contributed by atoms with Crippen LogP contribution in [0.3, 0.4) is 0 Å². The summed E-state index contributed by atoms with van der Waals surface area (Å²) in [6.45, 7) is 6.19. The number of aryl methyl sites for hydroxylation is 1. The number of benzene rings is 2. The first kappa shape index (κ1) is 20.9.